The van der Waals surface area contributed by atoms with Gasteiger partial charge in [0, 0.05) is 0 Å². The third kappa shape index (κ3) is 2.20. The van der Waals surface area contributed by atoms with Crippen LogP contribution in [0.25, 0.3) is 11.1 Å². The fraction of sp³-hybridized carbons (Fsp3) is 0.417. The molecule has 0 fully saturated rings. The van der Waals surface area contributed by atoms with Gasteiger partial charge in [-0.2, -0.15) is 13.2 Å². The molecule has 1 aromatic heterocycles. The summed E-state index contributed by atoms with van der Waals surface area (Å²) in [6, 6.07) is 3.28. The van der Waals surface area contributed by atoms with Gasteiger partial charge in [0.05, 0.1) is 11.1 Å². The van der Waals surface area contributed by atoms with Gasteiger partial charge in [-0.3, -0.25) is 0 Å². The lowest BCUT2D eigenvalue weighted by molar-refractivity contribution is -0.137. The van der Waals surface area contributed by atoms with Crippen LogP contribution in [0.4, 0.5) is 13.2 Å². The lowest BCUT2D eigenvalue weighted by atomic mass is 10.1. The number of hydrogen-bond donors (Lipinski definition) is 1. The highest BCUT2D eigenvalue weighted by Gasteiger charge is 2.31. The summed E-state index contributed by atoms with van der Waals surface area (Å²) in [4.78, 5) is 4.10. The third-order valence-corrected chi connectivity index (χ3v) is 2.87. The number of rotatable bonds is 2. The molecule has 0 radical (unpaired) electrons. The second-order valence-corrected chi connectivity index (χ2v) is 4.57. The number of aromatic nitrogens is 1. The minimum absolute atomic E-state index is 0.211. The van der Waals surface area contributed by atoms with Gasteiger partial charge in [-0.1, -0.05) is 0 Å². The minimum atomic E-state index is -4.37. The highest BCUT2D eigenvalue weighted by Crippen LogP contribution is 2.32. The van der Waals surface area contributed by atoms with Crippen LogP contribution in [0.5, 0.6) is 0 Å². The van der Waals surface area contributed by atoms with E-state index in [0.29, 0.717) is 11.5 Å². The molecule has 0 bridgehead atoms. The summed E-state index contributed by atoms with van der Waals surface area (Å²) in [5, 5.41) is 2.98. The van der Waals surface area contributed by atoms with Crippen LogP contribution >= 0.6 is 0 Å². The Bertz CT molecular complexity index is 572. The molecule has 0 atom stereocenters. The zero-order chi connectivity index (χ0) is 13.6. The Morgan fingerprint density at radius 2 is 1.89 bits per heavy atom. The summed E-state index contributed by atoms with van der Waals surface area (Å²) in [5.74, 6) is 0.360. The molecule has 6 heteroatoms. The maximum atomic E-state index is 12.6. The first kappa shape index (κ1) is 12.9. The number of nitrogens with one attached hydrogen (secondary N) is 1. The molecule has 0 aliphatic rings. The predicted molar refractivity (Wildman–Crippen MR) is 61.1 cm³/mol. The van der Waals surface area contributed by atoms with E-state index in [9.17, 15) is 13.2 Å². The number of alkyl halides is 3. The van der Waals surface area contributed by atoms with Crippen molar-refractivity contribution in [3.63, 3.8) is 0 Å². The first-order valence-corrected chi connectivity index (χ1v) is 5.41. The SMILES string of the molecule is CNC(C)(C)c1nc2cc(C(F)(F)F)ccc2o1. The largest absolute Gasteiger partial charge is 0.439 e. The summed E-state index contributed by atoms with van der Waals surface area (Å²) in [6.45, 7) is 3.67. The topological polar surface area (TPSA) is 38.1 Å². The quantitative estimate of drug-likeness (QED) is 0.898. The van der Waals surface area contributed by atoms with E-state index in [4.69, 9.17) is 4.42 Å². The second kappa shape index (κ2) is 3.98. The number of fused-ring (bicyclic) bond motifs is 1. The van der Waals surface area contributed by atoms with Gasteiger partial charge in [-0.15, -0.1) is 0 Å². The van der Waals surface area contributed by atoms with Crippen molar-refractivity contribution >= 4 is 11.1 Å². The van der Waals surface area contributed by atoms with Crippen molar-refractivity contribution in [1.82, 2.24) is 10.3 Å². The Morgan fingerprint density at radius 1 is 1.22 bits per heavy atom. The predicted octanol–water partition coefficient (Wildman–Crippen LogP) is 3.30. The van der Waals surface area contributed by atoms with E-state index in [2.05, 4.69) is 10.3 Å². The molecule has 1 heterocycles. The molecule has 2 aromatic rings. The Kier molecular flexibility index (Phi) is 2.85. The summed E-state index contributed by atoms with van der Waals surface area (Å²) in [5.41, 5.74) is -0.696. The van der Waals surface area contributed by atoms with Gasteiger partial charge in [-0.05, 0) is 39.1 Å². The van der Waals surface area contributed by atoms with Crippen LogP contribution in [0.2, 0.25) is 0 Å². The molecule has 2 rings (SSSR count). The number of oxazole rings is 1. The molecular formula is C12H13F3N2O. The molecule has 0 saturated heterocycles. The summed E-state index contributed by atoms with van der Waals surface area (Å²) in [6.07, 6.45) is -4.37. The van der Waals surface area contributed by atoms with Gasteiger partial charge < -0.3 is 9.73 Å². The van der Waals surface area contributed by atoms with Crippen molar-refractivity contribution in [3.05, 3.63) is 29.7 Å². The molecule has 0 unspecified atom stereocenters. The first-order valence-electron chi connectivity index (χ1n) is 5.41. The first-order chi connectivity index (χ1) is 8.24. The van der Waals surface area contributed by atoms with Gasteiger partial charge in [0.25, 0.3) is 0 Å². The molecule has 0 amide bonds. The minimum Gasteiger partial charge on any atom is -0.439 e. The van der Waals surface area contributed by atoms with Crippen LogP contribution in [0.15, 0.2) is 22.6 Å². The normalized spacial score (nSPS) is 13.2. The van der Waals surface area contributed by atoms with Crippen LogP contribution in [0, 0.1) is 0 Å². The Labute approximate surface area is 102 Å². The lowest BCUT2D eigenvalue weighted by Crippen LogP contribution is -2.33. The van der Waals surface area contributed by atoms with Crippen molar-refractivity contribution in [2.75, 3.05) is 7.05 Å². The molecule has 1 N–H and O–H groups in total. The second-order valence-electron chi connectivity index (χ2n) is 4.57. The smallest absolute Gasteiger partial charge is 0.416 e. The number of halogens is 3. The standard InChI is InChI=1S/C12H13F3N2O/c1-11(2,16-3)10-17-8-6-7(12(13,14)15)4-5-9(8)18-10/h4-6,16H,1-3H3. The van der Waals surface area contributed by atoms with E-state index in [1.54, 1.807) is 7.05 Å². The Hall–Kier alpha value is -1.56. The van der Waals surface area contributed by atoms with E-state index >= 15 is 0 Å². The maximum Gasteiger partial charge on any atom is 0.416 e. The average molecular weight is 258 g/mol. The van der Waals surface area contributed by atoms with Crippen molar-refractivity contribution in [1.29, 1.82) is 0 Å². The van der Waals surface area contributed by atoms with Crippen LogP contribution in [-0.2, 0) is 11.7 Å². The molecular weight excluding hydrogens is 245 g/mol. The van der Waals surface area contributed by atoms with Crippen molar-refractivity contribution in [2.45, 2.75) is 25.6 Å². The lowest BCUT2D eigenvalue weighted by Gasteiger charge is -2.18. The highest BCUT2D eigenvalue weighted by molar-refractivity contribution is 5.73. The summed E-state index contributed by atoms with van der Waals surface area (Å²) in [7, 11) is 1.73. The van der Waals surface area contributed by atoms with Gasteiger partial charge >= 0.3 is 6.18 Å². The monoisotopic (exact) mass is 258 g/mol. The Morgan fingerprint density at radius 3 is 2.44 bits per heavy atom. The van der Waals surface area contributed by atoms with Gasteiger partial charge in [0.1, 0.15) is 5.52 Å². The van der Waals surface area contributed by atoms with Crippen molar-refractivity contribution in [2.24, 2.45) is 0 Å². The third-order valence-electron chi connectivity index (χ3n) is 2.87. The highest BCUT2D eigenvalue weighted by atomic mass is 19.4. The van der Waals surface area contributed by atoms with Crippen LogP contribution in [-0.4, -0.2) is 12.0 Å². The van der Waals surface area contributed by atoms with Gasteiger partial charge in [-0.25, -0.2) is 4.98 Å². The van der Waals surface area contributed by atoms with E-state index in [0.717, 1.165) is 12.1 Å². The van der Waals surface area contributed by atoms with Crippen molar-refractivity contribution < 1.29 is 17.6 Å². The number of benzene rings is 1. The van der Waals surface area contributed by atoms with E-state index in [-0.39, 0.29) is 5.52 Å². The fourth-order valence-electron chi connectivity index (χ4n) is 1.48. The zero-order valence-electron chi connectivity index (χ0n) is 10.2. The molecule has 98 valence electrons. The van der Waals surface area contributed by atoms with Crippen LogP contribution < -0.4 is 5.32 Å². The fourth-order valence-corrected chi connectivity index (χ4v) is 1.48. The van der Waals surface area contributed by atoms with Gasteiger partial charge in [0.15, 0.2) is 5.58 Å². The molecule has 0 aliphatic carbocycles. The van der Waals surface area contributed by atoms with E-state index < -0.39 is 17.3 Å². The maximum absolute atomic E-state index is 12.6. The molecule has 1 aromatic carbocycles. The van der Waals surface area contributed by atoms with Crippen molar-refractivity contribution in [3.8, 4) is 0 Å². The molecule has 0 aliphatic heterocycles. The van der Waals surface area contributed by atoms with Crippen LogP contribution in [0.1, 0.15) is 25.3 Å². The van der Waals surface area contributed by atoms with E-state index in [1.807, 2.05) is 13.8 Å². The number of hydrogen-bond acceptors (Lipinski definition) is 3. The van der Waals surface area contributed by atoms with Crippen LogP contribution in [0.3, 0.4) is 0 Å². The van der Waals surface area contributed by atoms with Gasteiger partial charge in [0.2, 0.25) is 5.89 Å². The zero-order valence-corrected chi connectivity index (χ0v) is 10.2. The average Bonchev–Trinajstić information content (AvgIpc) is 2.71. The Balaban J connectivity index is 2.53. The number of nitrogens with zero attached hydrogens (tertiary/aromatic N) is 1. The summed E-state index contributed by atoms with van der Waals surface area (Å²) >= 11 is 0. The molecule has 0 spiro atoms. The molecule has 3 nitrogen and oxygen atoms in total. The summed E-state index contributed by atoms with van der Waals surface area (Å²) < 4.78 is 43.1. The van der Waals surface area contributed by atoms with E-state index in [1.165, 1.54) is 6.07 Å². The molecule has 18 heavy (non-hydrogen) atoms. The molecule has 0 saturated carbocycles.